The molecule has 3 nitrogen and oxygen atoms in total. The van der Waals surface area contributed by atoms with Crippen molar-refractivity contribution in [1.29, 1.82) is 0 Å². The molecule has 2 rings (SSSR count). The summed E-state index contributed by atoms with van der Waals surface area (Å²) in [6.45, 7) is 0. The van der Waals surface area contributed by atoms with E-state index >= 15 is 0 Å². The van der Waals surface area contributed by atoms with Gasteiger partial charge in [-0.3, -0.25) is 4.79 Å². The van der Waals surface area contributed by atoms with Crippen molar-refractivity contribution >= 4 is 5.91 Å². The topological polar surface area (TPSA) is 49.3 Å². The summed E-state index contributed by atoms with van der Waals surface area (Å²) in [5.74, 6) is 0.788. The molecule has 0 aromatic rings. The van der Waals surface area contributed by atoms with Crippen LogP contribution in [0, 0.1) is 5.92 Å². The molecule has 0 aromatic heterocycles. The molecule has 2 N–H and O–H groups in total. The van der Waals surface area contributed by atoms with Crippen LogP contribution < -0.4 is 5.32 Å². The van der Waals surface area contributed by atoms with Gasteiger partial charge in [-0.2, -0.15) is 0 Å². The average Bonchev–Trinajstić information content (AvgIpc) is 2.03. The number of hydrogen-bond acceptors (Lipinski definition) is 2. The van der Waals surface area contributed by atoms with E-state index in [0.717, 1.165) is 25.7 Å². The van der Waals surface area contributed by atoms with E-state index in [9.17, 15) is 9.90 Å². The molecule has 1 amide bonds. The standard InChI is InChI=1S/C9H15NO2/c11-7-3-1-6-2-4-9(12)10-8(6)5-7/h6-8,11H,1-5H2,(H,10,12). The highest BCUT2D eigenvalue weighted by Gasteiger charge is 2.33. The lowest BCUT2D eigenvalue weighted by Crippen LogP contribution is -2.49. The maximum atomic E-state index is 11.0. The number of aliphatic hydroxyl groups excluding tert-OH is 1. The largest absolute Gasteiger partial charge is 0.393 e. The zero-order valence-corrected chi connectivity index (χ0v) is 7.12. The van der Waals surface area contributed by atoms with Crippen LogP contribution in [0.4, 0.5) is 0 Å². The highest BCUT2D eigenvalue weighted by Crippen LogP contribution is 2.30. The lowest BCUT2D eigenvalue weighted by molar-refractivity contribution is -0.125. The van der Waals surface area contributed by atoms with Crippen LogP contribution in [0.25, 0.3) is 0 Å². The lowest BCUT2D eigenvalue weighted by atomic mass is 9.78. The number of amides is 1. The van der Waals surface area contributed by atoms with Crippen LogP contribution in [0.5, 0.6) is 0 Å². The summed E-state index contributed by atoms with van der Waals surface area (Å²) in [6, 6.07) is 0.259. The Morgan fingerprint density at radius 1 is 1.33 bits per heavy atom. The zero-order valence-electron chi connectivity index (χ0n) is 7.12. The number of nitrogens with one attached hydrogen (secondary N) is 1. The molecule has 3 atom stereocenters. The van der Waals surface area contributed by atoms with Gasteiger partial charge in [0, 0.05) is 12.5 Å². The van der Waals surface area contributed by atoms with Crippen LogP contribution in [0.15, 0.2) is 0 Å². The van der Waals surface area contributed by atoms with E-state index in [0.29, 0.717) is 12.3 Å². The molecule has 1 saturated heterocycles. The number of piperidine rings is 1. The van der Waals surface area contributed by atoms with Crippen LogP contribution in [0.1, 0.15) is 32.1 Å². The van der Waals surface area contributed by atoms with Gasteiger partial charge in [-0.15, -0.1) is 0 Å². The first-order valence-electron chi connectivity index (χ1n) is 4.73. The first kappa shape index (κ1) is 8.05. The van der Waals surface area contributed by atoms with E-state index in [2.05, 4.69) is 5.32 Å². The van der Waals surface area contributed by atoms with Crippen LogP contribution in [-0.4, -0.2) is 23.2 Å². The highest BCUT2D eigenvalue weighted by atomic mass is 16.3. The minimum Gasteiger partial charge on any atom is -0.393 e. The second-order valence-electron chi connectivity index (χ2n) is 3.94. The third-order valence-electron chi connectivity index (χ3n) is 3.05. The monoisotopic (exact) mass is 169 g/mol. The van der Waals surface area contributed by atoms with Crippen molar-refractivity contribution in [2.45, 2.75) is 44.2 Å². The van der Waals surface area contributed by atoms with E-state index < -0.39 is 0 Å². The Hall–Kier alpha value is -0.570. The minimum absolute atomic E-state index is 0.158. The SMILES string of the molecule is O=C1CCC2CCC(O)CC2N1. The van der Waals surface area contributed by atoms with E-state index in [4.69, 9.17) is 0 Å². The first-order chi connectivity index (χ1) is 5.75. The summed E-state index contributed by atoms with van der Waals surface area (Å²) in [7, 11) is 0. The van der Waals surface area contributed by atoms with Gasteiger partial charge < -0.3 is 10.4 Å². The van der Waals surface area contributed by atoms with Gasteiger partial charge in [0.1, 0.15) is 0 Å². The summed E-state index contributed by atoms with van der Waals surface area (Å²) in [4.78, 5) is 11.0. The van der Waals surface area contributed by atoms with Crippen LogP contribution in [0.2, 0.25) is 0 Å². The Bertz CT molecular complexity index is 193. The number of aliphatic hydroxyl groups is 1. The van der Waals surface area contributed by atoms with Gasteiger partial charge in [0.15, 0.2) is 0 Å². The Labute approximate surface area is 72.2 Å². The fourth-order valence-corrected chi connectivity index (χ4v) is 2.33. The zero-order chi connectivity index (χ0) is 8.55. The molecule has 1 heterocycles. The molecule has 2 fully saturated rings. The van der Waals surface area contributed by atoms with Gasteiger partial charge in [0.05, 0.1) is 6.10 Å². The molecule has 12 heavy (non-hydrogen) atoms. The van der Waals surface area contributed by atoms with E-state index in [1.807, 2.05) is 0 Å². The van der Waals surface area contributed by atoms with E-state index in [-0.39, 0.29) is 18.1 Å². The van der Waals surface area contributed by atoms with Crippen molar-refractivity contribution in [1.82, 2.24) is 5.32 Å². The number of hydrogen-bond donors (Lipinski definition) is 2. The maximum Gasteiger partial charge on any atom is 0.220 e. The Kier molecular flexibility index (Phi) is 2.05. The summed E-state index contributed by atoms with van der Waals surface area (Å²) in [6.07, 6.45) is 4.25. The average molecular weight is 169 g/mol. The second kappa shape index (κ2) is 3.05. The van der Waals surface area contributed by atoms with Crippen molar-refractivity contribution in [3.8, 4) is 0 Å². The van der Waals surface area contributed by atoms with Gasteiger partial charge in [-0.1, -0.05) is 0 Å². The highest BCUT2D eigenvalue weighted by molar-refractivity contribution is 5.77. The minimum atomic E-state index is -0.190. The molecule has 0 bridgehead atoms. The molecular weight excluding hydrogens is 154 g/mol. The molecule has 1 aliphatic carbocycles. The summed E-state index contributed by atoms with van der Waals surface area (Å²) < 4.78 is 0. The van der Waals surface area contributed by atoms with Gasteiger partial charge >= 0.3 is 0 Å². The summed E-state index contributed by atoms with van der Waals surface area (Å²) in [5.41, 5.74) is 0. The summed E-state index contributed by atoms with van der Waals surface area (Å²) >= 11 is 0. The van der Waals surface area contributed by atoms with Crippen molar-refractivity contribution in [3.05, 3.63) is 0 Å². The molecular formula is C9H15NO2. The predicted molar refractivity (Wildman–Crippen MR) is 44.5 cm³/mol. The Morgan fingerprint density at radius 2 is 2.17 bits per heavy atom. The van der Waals surface area contributed by atoms with Crippen molar-refractivity contribution in [2.24, 2.45) is 5.92 Å². The molecule has 1 aliphatic heterocycles. The molecule has 3 unspecified atom stereocenters. The molecule has 0 spiro atoms. The van der Waals surface area contributed by atoms with Crippen LogP contribution >= 0.6 is 0 Å². The van der Waals surface area contributed by atoms with Crippen LogP contribution in [0.3, 0.4) is 0 Å². The third-order valence-corrected chi connectivity index (χ3v) is 3.05. The van der Waals surface area contributed by atoms with Crippen molar-refractivity contribution in [3.63, 3.8) is 0 Å². The normalized spacial score (nSPS) is 41.8. The first-order valence-corrected chi connectivity index (χ1v) is 4.73. The van der Waals surface area contributed by atoms with Gasteiger partial charge in [0.2, 0.25) is 5.91 Å². The van der Waals surface area contributed by atoms with Gasteiger partial charge in [-0.05, 0) is 31.6 Å². The second-order valence-corrected chi connectivity index (χ2v) is 3.94. The van der Waals surface area contributed by atoms with Gasteiger partial charge in [0.25, 0.3) is 0 Å². The smallest absolute Gasteiger partial charge is 0.220 e. The number of carbonyl (C=O) groups excluding carboxylic acids is 1. The fraction of sp³-hybridized carbons (Fsp3) is 0.889. The maximum absolute atomic E-state index is 11.0. The molecule has 0 aromatic carbocycles. The Balaban J connectivity index is 1.99. The molecule has 3 heteroatoms. The Morgan fingerprint density at radius 3 is 3.00 bits per heavy atom. The predicted octanol–water partition coefficient (Wildman–Crippen LogP) is 0.426. The molecule has 0 radical (unpaired) electrons. The molecule has 2 aliphatic rings. The number of rotatable bonds is 0. The fourth-order valence-electron chi connectivity index (χ4n) is 2.33. The van der Waals surface area contributed by atoms with E-state index in [1.54, 1.807) is 0 Å². The van der Waals surface area contributed by atoms with Crippen molar-refractivity contribution in [2.75, 3.05) is 0 Å². The van der Waals surface area contributed by atoms with Gasteiger partial charge in [-0.25, -0.2) is 0 Å². The van der Waals surface area contributed by atoms with E-state index in [1.165, 1.54) is 0 Å². The van der Waals surface area contributed by atoms with Crippen molar-refractivity contribution < 1.29 is 9.90 Å². The number of fused-ring (bicyclic) bond motifs is 1. The number of carbonyl (C=O) groups is 1. The quantitative estimate of drug-likeness (QED) is 0.552. The molecule has 68 valence electrons. The summed E-state index contributed by atoms with van der Waals surface area (Å²) in [5, 5.41) is 12.3. The third kappa shape index (κ3) is 1.46. The van der Waals surface area contributed by atoms with Crippen LogP contribution in [-0.2, 0) is 4.79 Å². The lowest BCUT2D eigenvalue weighted by Gasteiger charge is -2.37. The molecule has 1 saturated carbocycles.